The van der Waals surface area contributed by atoms with Crippen molar-refractivity contribution >= 4 is 21.7 Å². The molecule has 5 nitrogen and oxygen atoms in total. The molecule has 1 unspecified atom stereocenters. The molecule has 0 fully saturated rings. The zero-order valence-electron chi connectivity index (χ0n) is 9.34. The number of fused-ring (bicyclic) bond motifs is 1. The molecule has 0 aliphatic carbocycles. The van der Waals surface area contributed by atoms with Gasteiger partial charge in [-0.25, -0.2) is 8.42 Å². The molecule has 0 saturated heterocycles. The number of rotatable bonds is 1. The van der Waals surface area contributed by atoms with Crippen LogP contribution in [-0.2, 0) is 21.3 Å². The largest absolute Gasteiger partial charge is 1.00 e. The number of hydrogen-bond donors (Lipinski definition) is 1. The molecule has 1 aliphatic heterocycles. The van der Waals surface area contributed by atoms with E-state index in [0.29, 0.717) is 12.1 Å². The van der Waals surface area contributed by atoms with Gasteiger partial charge < -0.3 is 9.87 Å². The monoisotopic (exact) mass is 263 g/mol. The molecule has 2 rings (SSSR count). The fourth-order valence-corrected chi connectivity index (χ4v) is 2.49. The molecule has 1 atom stereocenters. The predicted molar refractivity (Wildman–Crippen MR) is 56.9 cm³/mol. The predicted octanol–water partition coefficient (Wildman–Crippen LogP) is -2.51. The Morgan fingerprint density at radius 1 is 1.29 bits per heavy atom. The number of nitrogens with one attached hydrogen (secondary N) is 1. The van der Waals surface area contributed by atoms with Crippen molar-refractivity contribution in [3.8, 4) is 0 Å². The van der Waals surface area contributed by atoms with Crippen molar-refractivity contribution in [2.45, 2.75) is 18.1 Å². The van der Waals surface area contributed by atoms with Crippen molar-refractivity contribution in [3.05, 3.63) is 29.8 Å². The van der Waals surface area contributed by atoms with Crippen LogP contribution in [0.1, 0.15) is 12.0 Å². The van der Waals surface area contributed by atoms with E-state index in [1.807, 2.05) is 0 Å². The molecule has 1 N–H and O–H groups in total. The molecule has 0 saturated carbocycles. The zero-order chi connectivity index (χ0) is 11.8. The Morgan fingerprint density at radius 3 is 2.59 bits per heavy atom. The normalized spacial score (nSPS) is 19.6. The Hall–Kier alpha value is -0.400. The Morgan fingerprint density at radius 2 is 1.94 bits per heavy atom. The summed E-state index contributed by atoms with van der Waals surface area (Å²) in [5.74, 6) is -0.736. The maximum atomic E-state index is 11.5. The minimum Gasteiger partial charge on any atom is -0.747 e. The second-order valence-electron chi connectivity index (χ2n) is 3.67. The van der Waals surface area contributed by atoms with Gasteiger partial charge in [0.05, 0.1) is 0 Å². The van der Waals surface area contributed by atoms with Gasteiger partial charge in [0.2, 0.25) is 5.91 Å². The molecule has 1 heterocycles. The first kappa shape index (κ1) is 14.7. The van der Waals surface area contributed by atoms with Crippen LogP contribution in [0.3, 0.4) is 0 Å². The van der Waals surface area contributed by atoms with Crippen molar-refractivity contribution in [2.75, 3.05) is 5.32 Å². The average Bonchev–Trinajstić information content (AvgIpc) is 2.34. The summed E-state index contributed by atoms with van der Waals surface area (Å²) in [6, 6.07) is 7.03. The number of para-hydroxylation sites is 1. The first-order valence-corrected chi connectivity index (χ1v) is 6.29. The SMILES string of the molecule is O=C1Nc2ccccc2CCC1S(=O)(=O)[O-].[Na+]. The number of aryl methyl sites for hydroxylation is 1. The molecular weight excluding hydrogens is 253 g/mol. The quantitative estimate of drug-likeness (QED) is 0.448. The van der Waals surface area contributed by atoms with E-state index in [1.54, 1.807) is 24.3 Å². The van der Waals surface area contributed by atoms with Crippen molar-refractivity contribution < 1.29 is 47.3 Å². The molecule has 1 aromatic rings. The Labute approximate surface area is 122 Å². The van der Waals surface area contributed by atoms with E-state index < -0.39 is 21.3 Å². The van der Waals surface area contributed by atoms with E-state index in [4.69, 9.17) is 0 Å². The maximum absolute atomic E-state index is 11.5. The van der Waals surface area contributed by atoms with Gasteiger partial charge in [-0.1, -0.05) is 18.2 Å². The van der Waals surface area contributed by atoms with E-state index in [1.165, 1.54) is 0 Å². The standard InChI is InChI=1S/C10H11NO4S.Na/c12-10-9(16(13,14)15)6-5-7-3-1-2-4-8(7)11-10;/h1-4,9H,5-6H2,(H,11,12)(H,13,14,15);/q;+1/p-1. The van der Waals surface area contributed by atoms with E-state index in [2.05, 4.69) is 5.32 Å². The van der Waals surface area contributed by atoms with E-state index in [-0.39, 0.29) is 36.0 Å². The number of benzene rings is 1. The van der Waals surface area contributed by atoms with Crippen LogP contribution >= 0.6 is 0 Å². The minimum atomic E-state index is -4.58. The summed E-state index contributed by atoms with van der Waals surface area (Å²) < 4.78 is 32.7. The summed E-state index contributed by atoms with van der Waals surface area (Å²) in [7, 11) is -4.58. The number of hydrogen-bond acceptors (Lipinski definition) is 4. The fraction of sp³-hybridized carbons (Fsp3) is 0.300. The molecule has 1 amide bonds. The number of anilines is 1. The molecule has 1 aliphatic rings. The third kappa shape index (κ3) is 3.29. The molecule has 86 valence electrons. The number of carbonyl (C=O) groups excluding carboxylic acids is 1. The number of amides is 1. The third-order valence-electron chi connectivity index (χ3n) is 2.59. The van der Waals surface area contributed by atoms with Gasteiger partial charge in [0.15, 0.2) is 0 Å². The van der Waals surface area contributed by atoms with Crippen molar-refractivity contribution in [3.63, 3.8) is 0 Å². The summed E-state index contributed by atoms with van der Waals surface area (Å²) in [6.07, 6.45) is 0.440. The van der Waals surface area contributed by atoms with Crippen LogP contribution in [0.5, 0.6) is 0 Å². The van der Waals surface area contributed by atoms with Gasteiger partial charge in [-0.05, 0) is 24.5 Å². The summed E-state index contributed by atoms with van der Waals surface area (Å²) in [5, 5.41) is 0.975. The van der Waals surface area contributed by atoms with Gasteiger partial charge in [-0.15, -0.1) is 0 Å². The van der Waals surface area contributed by atoms with Gasteiger partial charge in [0, 0.05) is 5.69 Å². The average molecular weight is 263 g/mol. The van der Waals surface area contributed by atoms with Gasteiger partial charge in [0.25, 0.3) is 0 Å². The zero-order valence-corrected chi connectivity index (χ0v) is 12.2. The summed E-state index contributed by atoms with van der Waals surface area (Å²) >= 11 is 0. The molecular formula is C10H10NNaO4S. The topological polar surface area (TPSA) is 86.3 Å². The molecule has 7 heteroatoms. The molecule has 0 aromatic heterocycles. The molecule has 0 spiro atoms. The van der Waals surface area contributed by atoms with Crippen LogP contribution < -0.4 is 34.9 Å². The van der Waals surface area contributed by atoms with E-state index in [0.717, 1.165) is 5.56 Å². The van der Waals surface area contributed by atoms with Gasteiger partial charge in [-0.3, -0.25) is 4.79 Å². The smallest absolute Gasteiger partial charge is 0.747 e. The minimum absolute atomic E-state index is 0. The van der Waals surface area contributed by atoms with E-state index >= 15 is 0 Å². The summed E-state index contributed by atoms with van der Waals surface area (Å²) in [5.41, 5.74) is 1.43. The van der Waals surface area contributed by atoms with Crippen LogP contribution in [-0.4, -0.2) is 24.1 Å². The van der Waals surface area contributed by atoms with Crippen LogP contribution in [0.25, 0.3) is 0 Å². The van der Waals surface area contributed by atoms with Crippen LogP contribution in [0.4, 0.5) is 5.69 Å². The van der Waals surface area contributed by atoms with Crippen LogP contribution in [0.15, 0.2) is 24.3 Å². The van der Waals surface area contributed by atoms with Crippen LogP contribution in [0, 0.1) is 0 Å². The molecule has 0 bridgehead atoms. The maximum Gasteiger partial charge on any atom is 1.00 e. The molecule has 0 radical (unpaired) electrons. The van der Waals surface area contributed by atoms with Gasteiger partial charge in [-0.2, -0.15) is 0 Å². The second kappa shape index (κ2) is 5.49. The third-order valence-corrected chi connectivity index (χ3v) is 3.74. The Balaban J connectivity index is 0.00000144. The Bertz CT molecular complexity index is 529. The van der Waals surface area contributed by atoms with Gasteiger partial charge >= 0.3 is 29.6 Å². The fourth-order valence-electron chi connectivity index (χ4n) is 1.77. The Kier molecular flexibility index (Phi) is 4.74. The van der Waals surface area contributed by atoms with Crippen molar-refractivity contribution in [2.24, 2.45) is 0 Å². The van der Waals surface area contributed by atoms with E-state index in [9.17, 15) is 17.8 Å². The summed E-state index contributed by atoms with van der Waals surface area (Å²) in [6.45, 7) is 0. The van der Waals surface area contributed by atoms with Crippen molar-refractivity contribution in [1.82, 2.24) is 0 Å². The second-order valence-corrected chi connectivity index (χ2v) is 5.22. The van der Waals surface area contributed by atoms with Gasteiger partial charge in [0.1, 0.15) is 15.4 Å². The number of carbonyl (C=O) groups is 1. The molecule has 1 aromatic carbocycles. The van der Waals surface area contributed by atoms with Crippen LogP contribution in [0.2, 0.25) is 0 Å². The first-order valence-electron chi connectivity index (χ1n) is 4.82. The summed E-state index contributed by atoms with van der Waals surface area (Å²) in [4.78, 5) is 11.5. The van der Waals surface area contributed by atoms with Crippen molar-refractivity contribution in [1.29, 1.82) is 0 Å². The molecule has 17 heavy (non-hydrogen) atoms. The first-order chi connectivity index (χ1) is 7.48.